The number of rotatable bonds is 4. The monoisotopic (exact) mass is 396 g/mol. The van der Waals surface area contributed by atoms with E-state index in [1.807, 2.05) is 12.1 Å². The molecule has 0 saturated heterocycles. The molecule has 0 saturated carbocycles. The summed E-state index contributed by atoms with van der Waals surface area (Å²) in [5.74, 6) is -1.02. The van der Waals surface area contributed by atoms with E-state index in [9.17, 15) is 9.59 Å². The lowest BCUT2D eigenvalue weighted by Crippen LogP contribution is -2.21. The van der Waals surface area contributed by atoms with Gasteiger partial charge in [-0.25, -0.2) is 4.79 Å². The number of carbonyl (C=O) groups excluding carboxylic acids is 2. The SMILES string of the molecule is Nc1ccccc1C(=O)OCC(=O)Nc1ccc(I)cc1. The fourth-order valence-electron chi connectivity index (χ4n) is 1.62. The summed E-state index contributed by atoms with van der Waals surface area (Å²) < 4.78 is 6.00. The highest BCUT2D eigenvalue weighted by Gasteiger charge is 2.12. The molecule has 0 spiro atoms. The summed E-state index contributed by atoms with van der Waals surface area (Å²) >= 11 is 2.17. The van der Waals surface area contributed by atoms with Crippen LogP contribution in [0.3, 0.4) is 0 Å². The Morgan fingerprint density at radius 1 is 1.10 bits per heavy atom. The first-order valence-corrected chi connectivity index (χ1v) is 7.21. The summed E-state index contributed by atoms with van der Waals surface area (Å²) in [6.45, 7) is -0.362. The number of ether oxygens (including phenoxy) is 1. The molecule has 0 radical (unpaired) electrons. The van der Waals surface area contributed by atoms with Crippen molar-refractivity contribution in [3.8, 4) is 0 Å². The molecule has 3 N–H and O–H groups in total. The summed E-state index contributed by atoms with van der Waals surface area (Å²) in [5, 5.41) is 2.64. The van der Waals surface area contributed by atoms with Crippen LogP contribution in [0, 0.1) is 3.57 Å². The molecule has 0 aliphatic rings. The van der Waals surface area contributed by atoms with Gasteiger partial charge in [0.1, 0.15) is 0 Å². The van der Waals surface area contributed by atoms with Crippen molar-refractivity contribution in [1.82, 2.24) is 0 Å². The summed E-state index contributed by atoms with van der Waals surface area (Å²) in [5.41, 5.74) is 6.88. The molecule has 21 heavy (non-hydrogen) atoms. The van der Waals surface area contributed by atoms with Gasteiger partial charge < -0.3 is 15.8 Å². The van der Waals surface area contributed by atoms with Crippen LogP contribution in [0.5, 0.6) is 0 Å². The van der Waals surface area contributed by atoms with Gasteiger partial charge >= 0.3 is 5.97 Å². The van der Waals surface area contributed by atoms with E-state index in [2.05, 4.69) is 27.9 Å². The van der Waals surface area contributed by atoms with Crippen molar-refractivity contribution >= 4 is 45.8 Å². The zero-order chi connectivity index (χ0) is 15.2. The first-order chi connectivity index (χ1) is 10.1. The number of nitrogens with one attached hydrogen (secondary N) is 1. The number of nitrogens with two attached hydrogens (primary N) is 1. The third-order valence-electron chi connectivity index (χ3n) is 2.64. The molecule has 5 nitrogen and oxygen atoms in total. The molecule has 6 heteroatoms. The average Bonchev–Trinajstić information content (AvgIpc) is 2.48. The van der Waals surface area contributed by atoms with Gasteiger partial charge in [-0.15, -0.1) is 0 Å². The second-order valence-corrected chi connectivity index (χ2v) is 5.46. The predicted octanol–water partition coefficient (Wildman–Crippen LogP) is 2.67. The Morgan fingerprint density at radius 2 is 1.76 bits per heavy atom. The molecule has 0 aliphatic heterocycles. The number of anilines is 2. The second-order valence-electron chi connectivity index (χ2n) is 4.22. The van der Waals surface area contributed by atoms with Crippen LogP contribution in [0.2, 0.25) is 0 Å². The lowest BCUT2D eigenvalue weighted by Gasteiger charge is -2.08. The van der Waals surface area contributed by atoms with Crippen molar-refractivity contribution in [2.75, 3.05) is 17.7 Å². The number of hydrogen-bond acceptors (Lipinski definition) is 4. The van der Waals surface area contributed by atoms with E-state index in [4.69, 9.17) is 10.5 Å². The normalized spacial score (nSPS) is 9.95. The van der Waals surface area contributed by atoms with Crippen LogP contribution in [0.15, 0.2) is 48.5 Å². The Kier molecular flexibility index (Phi) is 5.15. The van der Waals surface area contributed by atoms with Crippen LogP contribution in [-0.4, -0.2) is 18.5 Å². The lowest BCUT2D eigenvalue weighted by molar-refractivity contribution is -0.119. The highest BCUT2D eigenvalue weighted by Crippen LogP contribution is 2.13. The van der Waals surface area contributed by atoms with Crippen LogP contribution in [-0.2, 0) is 9.53 Å². The van der Waals surface area contributed by atoms with Crippen LogP contribution in [0.4, 0.5) is 11.4 Å². The first kappa shape index (κ1) is 15.3. The van der Waals surface area contributed by atoms with Crippen molar-refractivity contribution < 1.29 is 14.3 Å². The first-order valence-electron chi connectivity index (χ1n) is 6.13. The fraction of sp³-hybridized carbons (Fsp3) is 0.0667. The zero-order valence-electron chi connectivity index (χ0n) is 11.0. The summed E-state index contributed by atoms with van der Waals surface area (Å²) in [6.07, 6.45) is 0. The van der Waals surface area contributed by atoms with Gasteiger partial charge in [-0.1, -0.05) is 12.1 Å². The Labute approximate surface area is 135 Å². The Balaban J connectivity index is 1.88. The molecule has 0 unspecified atom stereocenters. The van der Waals surface area contributed by atoms with Gasteiger partial charge in [-0.05, 0) is 59.0 Å². The third kappa shape index (κ3) is 4.45. The van der Waals surface area contributed by atoms with E-state index in [0.29, 0.717) is 11.4 Å². The van der Waals surface area contributed by atoms with Gasteiger partial charge in [-0.3, -0.25) is 4.79 Å². The molecule has 0 atom stereocenters. The van der Waals surface area contributed by atoms with Crippen molar-refractivity contribution in [1.29, 1.82) is 0 Å². The number of para-hydroxylation sites is 1. The third-order valence-corrected chi connectivity index (χ3v) is 3.36. The standard InChI is InChI=1S/C15H13IN2O3/c16-10-5-7-11(8-6-10)18-14(19)9-21-15(20)12-3-1-2-4-13(12)17/h1-8H,9,17H2,(H,18,19). The molecule has 108 valence electrons. The topological polar surface area (TPSA) is 81.4 Å². The van der Waals surface area contributed by atoms with E-state index in [0.717, 1.165) is 3.57 Å². The van der Waals surface area contributed by atoms with E-state index < -0.39 is 11.9 Å². The van der Waals surface area contributed by atoms with Crippen LogP contribution >= 0.6 is 22.6 Å². The molecule has 0 bridgehead atoms. The number of carbonyl (C=O) groups is 2. The van der Waals surface area contributed by atoms with Crippen molar-refractivity contribution in [3.05, 3.63) is 57.7 Å². The molecule has 2 aromatic carbocycles. The number of nitrogen functional groups attached to an aromatic ring is 1. The van der Waals surface area contributed by atoms with E-state index in [-0.39, 0.29) is 12.2 Å². The number of benzene rings is 2. The van der Waals surface area contributed by atoms with E-state index in [1.54, 1.807) is 36.4 Å². The van der Waals surface area contributed by atoms with Gasteiger partial charge in [0, 0.05) is 14.9 Å². The Bertz CT molecular complexity index is 656. The van der Waals surface area contributed by atoms with Gasteiger partial charge in [0.05, 0.1) is 5.56 Å². The molecule has 0 heterocycles. The van der Waals surface area contributed by atoms with Crippen molar-refractivity contribution in [3.63, 3.8) is 0 Å². The minimum absolute atomic E-state index is 0.250. The Hall–Kier alpha value is -2.09. The van der Waals surface area contributed by atoms with E-state index >= 15 is 0 Å². The van der Waals surface area contributed by atoms with Gasteiger partial charge in [-0.2, -0.15) is 0 Å². The second kappa shape index (κ2) is 7.07. The molecule has 0 aliphatic carbocycles. The van der Waals surface area contributed by atoms with E-state index in [1.165, 1.54) is 0 Å². The highest BCUT2D eigenvalue weighted by molar-refractivity contribution is 14.1. The van der Waals surface area contributed by atoms with Gasteiger partial charge in [0.15, 0.2) is 6.61 Å². The fourth-order valence-corrected chi connectivity index (χ4v) is 1.98. The van der Waals surface area contributed by atoms with Crippen LogP contribution in [0.1, 0.15) is 10.4 Å². The zero-order valence-corrected chi connectivity index (χ0v) is 13.2. The van der Waals surface area contributed by atoms with Crippen LogP contribution in [0.25, 0.3) is 0 Å². The molecule has 1 amide bonds. The highest BCUT2D eigenvalue weighted by atomic mass is 127. The number of amides is 1. The molecular weight excluding hydrogens is 383 g/mol. The Morgan fingerprint density at radius 3 is 2.43 bits per heavy atom. The number of esters is 1. The molecule has 2 rings (SSSR count). The summed E-state index contributed by atoms with van der Waals surface area (Å²) in [7, 11) is 0. The van der Waals surface area contributed by atoms with Crippen molar-refractivity contribution in [2.24, 2.45) is 0 Å². The average molecular weight is 396 g/mol. The maximum absolute atomic E-state index is 11.8. The van der Waals surface area contributed by atoms with Crippen molar-refractivity contribution in [2.45, 2.75) is 0 Å². The van der Waals surface area contributed by atoms with Crippen LogP contribution < -0.4 is 11.1 Å². The number of hydrogen-bond donors (Lipinski definition) is 2. The molecule has 2 aromatic rings. The quantitative estimate of drug-likeness (QED) is 0.473. The summed E-state index contributed by atoms with van der Waals surface area (Å²) in [6, 6.07) is 13.8. The summed E-state index contributed by atoms with van der Waals surface area (Å²) in [4.78, 5) is 23.5. The maximum atomic E-state index is 11.8. The smallest absolute Gasteiger partial charge is 0.340 e. The maximum Gasteiger partial charge on any atom is 0.340 e. The van der Waals surface area contributed by atoms with Gasteiger partial charge in [0.25, 0.3) is 5.91 Å². The molecular formula is C15H13IN2O3. The minimum Gasteiger partial charge on any atom is -0.452 e. The number of halogens is 1. The predicted molar refractivity (Wildman–Crippen MR) is 88.9 cm³/mol. The minimum atomic E-state index is -0.620. The molecule has 0 fully saturated rings. The van der Waals surface area contributed by atoms with Gasteiger partial charge in [0.2, 0.25) is 0 Å². The molecule has 0 aromatic heterocycles. The largest absolute Gasteiger partial charge is 0.452 e. The lowest BCUT2D eigenvalue weighted by atomic mass is 10.2.